The van der Waals surface area contributed by atoms with Gasteiger partial charge in [0, 0.05) is 48.7 Å². The molecule has 0 unspecified atom stereocenters. The summed E-state index contributed by atoms with van der Waals surface area (Å²) in [7, 11) is 1.85. The van der Waals surface area contributed by atoms with E-state index in [2.05, 4.69) is 88.4 Å². The van der Waals surface area contributed by atoms with Crippen molar-refractivity contribution < 1.29 is 0 Å². The highest BCUT2D eigenvalue weighted by atomic mass is 79.9. The lowest BCUT2D eigenvalue weighted by Crippen LogP contribution is -2.51. The minimum absolute atomic E-state index is 0.0126. The van der Waals surface area contributed by atoms with Crippen LogP contribution in [0.1, 0.15) is 46.1 Å². The highest BCUT2D eigenvalue weighted by Crippen LogP contribution is 2.29. The maximum atomic E-state index is 4.42. The number of guanidine groups is 1. The Morgan fingerprint density at radius 2 is 1.92 bits per heavy atom. The summed E-state index contributed by atoms with van der Waals surface area (Å²) in [6.45, 7) is 12.2. The number of halogens is 1. The van der Waals surface area contributed by atoms with Crippen LogP contribution in [0.15, 0.2) is 33.7 Å². The molecule has 1 heterocycles. The van der Waals surface area contributed by atoms with Gasteiger partial charge in [0.1, 0.15) is 0 Å². The SMILES string of the molecule is CN=C(NCC(C)(C)c1ccccc1Br)NC1CCN(C(C)C)CC1. The molecule has 1 aliphatic heterocycles. The largest absolute Gasteiger partial charge is 0.356 e. The molecule has 2 N–H and O–H groups in total. The molecule has 1 aromatic rings. The number of aliphatic imine (C=N–C) groups is 1. The van der Waals surface area contributed by atoms with Crippen molar-refractivity contribution in [2.24, 2.45) is 4.99 Å². The topological polar surface area (TPSA) is 39.7 Å². The second-order valence-corrected chi connectivity index (χ2v) is 8.69. The first kappa shape index (κ1) is 20.2. The fraction of sp³-hybridized carbons (Fsp3) is 0.650. The first-order chi connectivity index (χ1) is 11.8. The Balaban J connectivity index is 1.87. The Morgan fingerprint density at radius 1 is 1.28 bits per heavy atom. The molecule has 0 aromatic heterocycles. The summed E-state index contributed by atoms with van der Waals surface area (Å²) in [5, 5.41) is 7.13. The molecule has 0 bridgehead atoms. The number of hydrogen-bond donors (Lipinski definition) is 2. The van der Waals surface area contributed by atoms with E-state index in [9.17, 15) is 0 Å². The molecule has 5 heteroatoms. The third kappa shape index (κ3) is 5.71. The molecule has 4 nitrogen and oxygen atoms in total. The average molecular weight is 409 g/mol. The van der Waals surface area contributed by atoms with E-state index in [4.69, 9.17) is 0 Å². The van der Waals surface area contributed by atoms with E-state index >= 15 is 0 Å². The van der Waals surface area contributed by atoms with E-state index in [0.29, 0.717) is 12.1 Å². The van der Waals surface area contributed by atoms with Gasteiger partial charge < -0.3 is 15.5 Å². The monoisotopic (exact) mass is 408 g/mol. The molecule has 1 fully saturated rings. The summed E-state index contributed by atoms with van der Waals surface area (Å²) in [6.07, 6.45) is 2.35. The van der Waals surface area contributed by atoms with E-state index in [-0.39, 0.29) is 5.41 Å². The van der Waals surface area contributed by atoms with Crippen LogP contribution in [-0.4, -0.2) is 49.6 Å². The molecule has 1 aromatic carbocycles. The predicted octanol–water partition coefficient (Wildman–Crippen LogP) is 3.76. The summed E-state index contributed by atoms with van der Waals surface area (Å²) in [5.41, 5.74) is 1.32. The molecule has 0 spiro atoms. The fourth-order valence-corrected chi connectivity index (χ4v) is 4.18. The zero-order valence-electron chi connectivity index (χ0n) is 16.3. The second-order valence-electron chi connectivity index (χ2n) is 7.84. The molecule has 0 radical (unpaired) electrons. The van der Waals surface area contributed by atoms with Crippen LogP contribution in [0, 0.1) is 0 Å². The van der Waals surface area contributed by atoms with E-state index in [1.807, 2.05) is 7.05 Å². The molecule has 1 saturated heterocycles. The van der Waals surface area contributed by atoms with E-state index in [1.54, 1.807) is 0 Å². The van der Waals surface area contributed by atoms with E-state index < -0.39 is 0 Å². The fourth-order valence-electron chi connectivity index (χ4n) is 3.36. The molecule has 1 aliphatic rings. The van der Waals surface area contributed by atoms with Crippen LogP contribution < -0.4 is 10.6 Å². The lowest BCUT2D eigenvalue weighted by molar-refractivity contribution is 0.167. The molecule has 25 heavy (non-hydrogen) atoms. The van der Waals surface area contributed by atoms with Gasteiger partial charge in [-0.3, -0.25) is 4.99 Å². The lowest BCUT2D eigenvalue weighted by atomic mass is 9.84. The van der Waals surface area contributed by atoms with Gasteiger partial charge >= 0.3 is 0 Å². The molecule has 0 aliphatic carbocycles. The highest BCUT2D eigenvalue weighted by molar-refractivity contribution is 9.10. The third-order valence-corrected chi connectivity index (χ3v) is 5.82. The van der Waals surface area contributed by atoms with Crippen molar-refractivity contribution in [3.8, 4) is 0 Å². The molecular weight excluding hydrogens is 376 g/mol. The van der Waals surface area contributed by atoms with Gasteiger partial charge in [0.25, 0.3) is 0 Å². The van der Waals surface area contributed by atoms with Crippen molar-refractivity contribution in [3.63, 3.8) is 0 Å². The number of likely N-dealkylation sites (tertiary alicyclic amines) is 1. The van der Waals surface area contributed by atoms with E-state index in [0.717, 1.165) is 30.1 Å². The number of nitrogens with zero attached hydrogens (tertiary/aromatic N) is 2. The lowest BCUT2D eigenvalue weighted by Gasteiger charge is -2.36. The van der Waals surface area contributed by atoms with Crippen molar-refractivity contribution in [1.82, 2.24) is 15.5 Å². The van der Waals surface area contributed by atoms with Gasteiger partial charge in [-0.25, -0.2) is 0 Å². The Bertz CT molecular complexity index is 575. The van der Waals surface area contributed by atoms with Crippen molar-refractivity contribution in [2.75, 3.05) is 26.7 Å². The summed E-state index contributed by atoms with van der Waals surface area (Å²) < 4.78 is 1.16. The van der Waals surface area contributed by atoms with Gasteiger partial charge in [0.15, 0.2) is 5.96 Å². The minimum Gasteiger partial charge on any atom is -0.356 e. The summed E-state index contributed by atoms with van der Waals surface area (Å²) in [6, 6.07) is 9.59. The number of piperidine rings is 1. The summed E-state index contributed by atoms with van der Waals surface area (Å²) >= 11 is 3.67. The molecule has 2 rings (SSSR count). The number of rotatable bonds is 5. The van der Waals surface area contributed by atoms with Gasteiger partial charge in [-0.15, -0.1) is 0 Å². The Kier molecular flexibility index (Phi) is 7.32. The van der Waals surface area contributed by atoms with Gasteiger partial charge in [-0.1, -0.05) is 48.0 Å². The zero-order chi connectivity index (χ0) is 18.4. The number of benzene rings is 1. The van der Waals surface area contributed by atoms with Crippen LogP contribution >= 0.6 is 15.9 Å². The Hall–Kier alpha value is -1.07. The maximum absolute atomic E-state index is 4.42. The van der Waals surface area contributed by atoms with E-state index in [1.165, 1.54) is 18.4 Å². The molecule has 0 saturated carbocycles. The molecule has 0 atom stereocenters. The van der Waals surface area contributed by atoms with Gasteiger partial charge in [-0.05, 0) is 38.3 Å². The van der Waals surface area contributed by atoms with Crippen LogP contribution in [0.5, 0.6) is 0 Å². The van der Waals surface area contributed by atoms with Crippen LogP contribution in [0.4, 0.5) is 0 Å². The van der Waals surface area contributed by atoms with Crippen molar-refractivity contribution in [3.05, 3.63) is 34.3 Å². The predicted molar refractivity (Wildman–Crippen MR) is 111 cm³/mol. The van der Waals surface area contributed by atoms with Gasteiger partial charge in [-0.2, -0.15) is 0 Å². The third-order valence-electron chi connectivity index (χ3n) is 5.13. The minimum atomic E-state index is 0.0126. The smallest absolute Gasteiger partial charge is 0.191 e. The first-order valence-corrected chi connectivity index (χ1v) is 10.1. The van der Waals surface area contributed by atoms with Crippen LogP contribution in [0.3, 0.4) is 0 Å². The normalized spacial score (nSPS) is 17.8. The van der Waals surface area contributed by atoms with Crippen LogP contribution in [-0.2, 0) is 5.41 Å². The highest BCUT2D eigenvalue weighted by Gasteiger charge is 2.25. The first-order valence-electron chi connectivity index (χ1n) is 9.29. The van der Waals surface area contributed by atoms with Crippen molar-refractivity contribution in [2.45, 2.75) is 58.0 Å². The van der Waals surface area contributed by atoms with Gasteiger partial charge in [0.2, 0.25) is 0 Å². The summed E-state index contributed by atoms with van der Waals surface area (Å²) in [4.78, 5) is 6.97. The van der Waals surface area contributed by atoms with Crippen molar-refractivity contribution in [1.29, 1.82) is 0 Å². The molecular formula is C20H33BrN4. The number of nitrogens with one attached hydrogen (secondary N) is 2. The van der Waals surface area contributed by atoms with Crippen LogP contribution in [0.25, 0.3) is 0 Å². The van der Waals surface area contributed by atoms with Gasteiger partial charge in [0.05, 0.1) is 0 Å². The summed E-state index contributed by atoms with van der Waals surface area (Å²) in [5.74, 6) is 0.906. The van der Waals surface area contributed by atoms with Crippen LogP contribution in [0.2, 0.25) is 0 Å². The Labute approximate surface area is 161 Å². The number of hydrogen-bond acceptors (Lipinski definition) is 2. The standard InChI is InChI=1S/C20H33BrN4/c1-15(2)25-12-10-16(11-13-25)24-19(22-5)23-14-20(3,4)17-8-6-7-9-18(17)21/h6-9,15-16H,10-14H2,1-5H3,(H2,22,23,24). The average Bonchev–Trinajstić information content (AvgIpc) is 2.59. The molecule has 140 valence electrons. The van der Waals surface area contributed by atoms with Crippen molar-refractivity contribution >= 4 is 21.9 Å². The maximum Gasteiger partial charge on any atom is 0.191 e. The molecule has 0 amide bonds. The zero-order valence-corrected chi connectivity index (χ0v) is 17.9. The second kappa shape index (κ2) is 9.04. The Morgan fingerprint density at radius 3 is 2.48 bits per heavy atom. The quantitative estimate of drug-likeness (QED) is 0.575.